The second-order valence-electron chi connectivity index (χ2n) is 6.36. The minimum atomic E-state index is 0.605. The van der Waals surface area contributed by atoms with Gasteiger partial charge in [0.05, 0.1) is 6.61 Å². The van der Waals surface area contributed by atoms with Gasteiger partial charge in [0.25, 0.3) is 0 Å². The summed E-state index contributed by atoms with van der Waals surface area (Å²) in [4.78, 5) is 2.41. The van der Waals surface area contributed by atoms with E-state index in [0.29, 0.717) is 12.0 Å². The Labute approximate surface area is 129 Å². The van der Waals surface area contributed by atoms with Crippen molar-refractivity contribution in [2.75, 3.05) is 33.3 Å². The first-order valence-electron chi connectivity index (χ1n) is 8.31. The molecule has 118 valence electrons. The fraction of sp³-hybridized carbons (Fsp3) is 0.667. The predicted molar refractivity (Wildman–Crippen MR) is 89.2 cm³/mol. The third-order valence-electron chi connectivity index (χ3n) is 4.47. The van der Waals surface area contributed by atoms with E-state index in [1.54, 1.807) is 0 Å². The van der Waals surface area contributed by atoms with Crippen LogP contribution in [0.2, 0.25) is 0 Å². The molecule has 1 aromatic carbocycles. The lowest BCUT2D eigenvalue weighted by Crippen LogP contribution is -2.29. The SMILES string of the molecule is CC(C)N(C)CCCCNCC1CCOc2ccccc21. The minimum Gasteiger partial charge on any atom is -0.493 e. The molecule has 1 aliphatic rings. The van der Waals surface area contributed by atoms with Crippen LogP contribution in [0.5, 0.6) is 5.75 Å². The molecule has 0 radical (unpaired) electrons. The molecule has 1 heterocycles. The number of rotatable bonds is 8. The lowest BCUT2D eigenvalue weighted by atomic mass is 9.93. The maximum Gasteiger partial charge on any atom is 0.122 e. The number of hydrogen-bond donors (Lipinski definition) is 1. The van der Waals surface area contributed by atoms with Gasteiger partial charge in [-0.2, -0.15) is 0 Å². The van der Waals surface area contributed by atoms with Crippen LogP contribution in [-0.2, 0) is 0 Å². The quantitative estimate of drug-likeness (QED) is 0.744. The molecule has 0 amide bonds. The van der Waals surface area contributed by atoms with Gasteiger partial charge in [-0.15, -0.1) is 0 Å². The Morgan fingerprint density at radius 2 is 2.10 bits per heavy atom. The second-order valence-corrected chi connectivity index (χ2v) is 6.36. The predicted octanol–water partition coefficient (Wildman–Crippen LogP) is 3.26. The standard InChI is InChI=1S/C18H30N2O/c1-15(2)20(3)12-7-6-11-19-14-16-10-13-21-18-9-5-4-8-17(16)18/h4-5,8-9,15-16,19H,6-7,10-14H2,1-3H3. The van der Waals surface area contributed by atoms with E-state index in [0.717, 1.165) is 31.9 Å². The Bertz CT molecular complexity index is 419. The average molecular weight is 290 g/mol. The second kappa shape index (κ2) is 8.40. The van der Waals surface area contributed by atoms with Gasteiger partial charge < -0.3 is 15.0 Å². The third kappa shape index (κ3) is 5.01. The molecular weight excluding hydrogens is 260 g/mol. The number of nitrogens with one attached hydrogen (secondary N) is 1. The fourth-order valence-electron chi connectivity index (χ4n) is 2.77. The molecule has 0 aliphatic carbocycles. The van der Waals surface area contributed by atoms with Crippen LogP contribution < -0.4 is 10.1 Å². The van der Waals surface area contributed by atoms with E-state index in [9.17, 15) is 0 Å². The van der Waals surface area contributed by atoms with Gasteiger partial charge in [-0.1, -0.05) is 18.2 Å². The number of benzene rings is 1. The monoisotopic (exact) mass is 290 g/mol. The van der Waals surface area contributed by atoms with Crippen LogP contribution in [0.4, 0.5) is 0 Å². The number of para-hydroxylation sites is 1. The normalized spacial score (nSPS) is 17.9. The molecule has 0 fully saturated rings. The summed E-state index contributed by atoms with van der Waals surface area (Å²) in [6, 6.07) is 9.11. The summed E-state index contributed by atoms with van der Waals surface area (Å²) < 4.78 is 5.71. The summed E-state index contributed by atoms with van der Waals surface area (Å²) in [5.41, 5.74) is 1.37. The van der Waals surface area contributed by atoms with Crippen molar-refractivity contribution in [1.29, 1.82) is 0 Å². The minimum absolute atomic E-state index is 0.605. The molecule has 0 saturated heterocycles. The molecule has 2 rings (SSSR count). The molecule has 0 aromatic heterocycles. The Kier molecular flexibility index (Phi) is 6.52. The third-order valence-corrected chi connectivity index (χ3v) is 4.47. The highest BCUT2D eigenvalue weighted by Gasteiger charge is 2.20. The number of unbranched alkanes of at least 4 members (excludes halogenated alkanes) is 1. The Balaban J connectivity index is 1.64. The van der Waals surface area contributed by atoms with E-state index >= 15 is 0 Å². The van der Waals surface area contributed by atoms with Crippen LogP contribution in [0, 0.1) is 0 Å². The molecule has 1 N–H and O–H groups in total. The zero-order valence-electron chi connectivity index (χ0n) is 13.8. The van der Waals surface area contributed by atoms with Crippen molar-refractivity contribution in [2.24, 2.45) is 0 Å². The Hall–Kier alpha value is -1.06. The maximum absolute atomic E-state index is 5.71. The van der Waals surface area contributed by atoms with Crippen molar-refractivity contribution in [3.8, 4) is 5.75 Å². The average Bonchev–Trinajstić information content (AvgIpc) is 2.50. The molecule has 1 aliphatic heterocycles. The van der Waals surface area contributed by atoms with Crippen molar-refractivity contribution in [1.82, 2.24) is 10.2 Å². The van der Waals surface area contributed by atoms with Gasteiger partial charge in [-0.25, -0.2) is 0 Å². The smallest absolute Gasteiger partial charge is 0.122 e. The van der Waals surface area contributed by atoms with Crippen molar-refractivity contribution in [2.45, 2.75) is 45.1 Å². The largest absolute Gasteiger partial charge is 0.493 e. The topological polar surface area (TPSA) is 24.5 Å². The van der Waals surface area contributed by atoms with Crippen LogP contribution in [0.25, 0.3) is 0 Å². The molecule has 3 nitrogen and oxygen atoms in total. The van der Waals surface area contributed by atoms with E-state index in [-0.39, 0.29) is 0 Å². The molecular formula is C18H30N2O. The Morgan fingerprint density at radius 1 is 1.29 bits per heavy atom. The number of nitrogens with zero attached hydrogens (tertiary/aromatic N) is 1. The molecule has 21 heavy (non-hydrogen) atoms. The van der Waals surface area contributed by atoms with Crippen LogP contribution >= 0.6 is 0 Å². The van der Waals surface area contributed by atoms with E-state index < -0.39 is 0 Å². The first-order valence-corrected chi connectivity index (χ1v) is 8.31. The first kappa shape index (κ1) is 16.3. The molecule has 3 heteroatoms. The summed E-state index contributed by atoms with van der Waals surface area (Å²) >= 11 is 0. The molecule has 1 atom stereocenters. The van der Waals surface area contributed by atoms with Gasteiger partial charge in [0.1, 0.15) is 5.75 Å². The van der Waals surface area contributed by atoms with Gasteiger partial charge in [-0.05, 0) is 64.9 Å². The number of hydrogen-bond acceptors (Lipinski definition) is 3. The lowest BCUT2D eigenvalue weighted by molar-refractivity contribution is 0.261. The van der Waals surface area contributed by atoms with E-state index in [2.05, 4.69) is 55.4 Å². The van der Waals surface area contributed by atoms with Gasteiger partial charge in [0.15, 0.2) is 0 Å². The summed E-state index contributed by atoms with van der Waals surface area (Å²) in [5.74, 6) is 1.68. The lowest BCUT2D eigenvalue weighted by Gasteiger charge is -2.26. The Morgan fingerprint density at radius 3 is 2.90 bits per heavy atom. The summed E-state index contributed by atoms with van der Waals surface area (Å²) in [6.07, 6.45) is 3.65. The van der Waals surface area contributed by atoms with Crippen molar-refractivity contribution >= 4 is 0 Å². The van der Waals surface area contributed by atoms with Gasteiger partial charge >= 0.3 is 0 Å². The summed E-state index contributed by atoms with van der Waals surface area (Å²) in [5, 5.41) is 3.62. The van der Waals surface area contributed by atoms with Crippen molar-refractivity contribution in [3.05, 3.63) is 29.8 Å². The zero-order valence-corrected chi connectivity index (χ0v) is 13.8. The molecule has 1 aromatic rings. The van der Waals surface area contributed by atoms with E-state index in [4.69, 9.17) is 4.74 Å². The fourth-order valence-corrected chi connectivity index (χ4v) is 2.77. The summed E-state index contributed by atoms with van der Waals surface area (Å²) in [7, 11) is 2.21. The number of ether oxygens (including phenoxy) is 1. The van der Waals surface area contributed by atoms with Crippen molar-refractivity contribution in [3.63, 3.8) is 0 Å². The highest BCUT2D eigenvalue weighted by molar-refractivity contribution is 5.37. The van der Waals surface area contributed by atoms with Crippen LogP contribution in [-0.4, -0.2) is 44.2 Å². The number of fused-ring (bicyclic) bond motifs is 1. The summed E-state index contributed by atoms with van der Waals surface area (Å²) in [6.45, 7) is 8.73. The van der Waals surface area contributed by atoms with Crippen LogP contribution in [0.3, 0.4) is 0 Å². The zero-order chi connectivity index (χ0) is 15.1. The molecule has 0 spiro atoms. The van der Waals surface area contributed by atoms with Gasteiger partial charge in [0.2, 0.25) is 0 Å². The highest BCUT2D eigenvalue weighted by atomic mass is 16.5. The van der Waals surface area contributed by atoms with Gasteiger partial charge in [0, 0.05) is 18.5 Å². The van der Waals surface area contributed by atoms with E-state index in [1.165, 1.54) is 24.9 Å². The molecule has 0 bridgehead atoms. The van der Waals surface area contributed by atoms with E-state index in [1.807, 2.05) is 0 Å². The molecule has 1 unspecified atom stereocenters. The van der Waals surface area contributed by atoms with Gasteiger partial charge in [-0.3, -0.25) is 0 Å². The van der Waals surface area contributed by atoms with Crippen LogP contribution in [0.15, 0.2) is 24.3 Å². The van der Waals surface area contributed by atoms with Crippen LogP contribution in [0.1, 0.15) is 44.6 Å². The first-order chi connectivity index (χ1) is 10.2. The molecule has 0 saturated carbocycles. The maximum atomic E-state index is 5.71. The highest BCUT2D eigenvalue weighted by Crippen LogP contribution is 2.32. The van der Waals surface area contributed by atoms with Crippen molar-refractivity contribution < 1.29 is 4.74 Å².